The van der Waals surface area contributed by atoms with E-state index in [0.29, 0.717) is 5.92 Å². The van der Waals surface area contributed by atoms with Crippen molar-refractivity contribution in [1.82, 2.24) is 0 Å². The van der Waals surface area contributed by atoms with Crippen LogP contribution in [0.15, 0.2) is 48.6 Å². The summed E-state index contributed by atoms with van der Waals surface area (Å²) in [5.41, 5.74) is 3.14. The van der Waals surface area contributed by atoms with Gasteiger partial charge in [-0.1, -0.05) is 62.4 Å². The van der Waals surface area contributed by atoms with Crippen molar-refractivity contribution in [3.63, 3.8) is 0 Å². The molecule has 2 rings (SSSR count). The Hall–Kier alpha value is -1.56. The van der Waals surface area contributed by atoms with Crippen LogP contribution in [0, 0.1) is 0 Å². The molecule has 0 spiro atoms. The van der Waals surface area contributed by atoms with Crippen molar-refractivity contribution >= 4 is 10.8 Å². The Labute approximate surface area is 129 Å². The molecule has 2 aromatic rings. The fourth-order valence-electron chi connectivity index (χ4n) is 3.33. The molecular formula is C21H28. The van der Waals surface area contributed by atoms with Gasteiger partial charge in [-0.3, -0.25) is 0 Å². The zero-order valence-corrected chi connectivity index (χ0v) is 13.7. The lowest BCUT2D eigenvalue weighted by molar-refractivity contribution is 0.579. The van der Waals surface area contributed by atoms with E-state index in [2.05, 4.69) is 69.3 Å². The molecule has 0 saturated carbocycles. The van der Waals surface area contributed by atoms with Crippen molar-refractivity contribution in [2.24, 2.45) is 0 Å². The van der Waals surface area contributed by atoms with E-state index in [9.17, 15) is 0 Å². The van der Waals surface area contributed by atoms with E-state index >= 15 is 0 Å². The quantitative estimate of drug-likeness (QED) is 0.394. The molecule has 0 amide bonds. The van der Waals surface area contributed by atoms with E-state index in [4.69, 9.17) is 0 Å². The van der Waals surface area contributed by atoms with E-state index in [1.54, 1.807) is 5.56 Å². The molecule has 21 heavy (non-hydrogen) atoms. The molecule has 1 unspecified atom stereocenters. The number of allylic oxidation sites excluding steroid dienone is 2. The van der Waals surface area contributed by atoms with Crippen LogP contribution in [-0.4, -0.2) is 0 Å². The van der Waals surface area contributed by atoms with Crippen molar-refractivity contribution < 1.29 is 0 Å². The Bertz CT molecular complexity index is 592. The van der Waals surface area contributed by atoms with Gasteiger partial charge < -0.3 is 0 Å². The number of rotatable bonds is 7. The summed E-state index contributed by atoms with van der Waals surface area (Å²) in [6.07, 6.45) is 10.6. The fraction of sp³-hybridized carbons (Fsp3) is 0.429. The van der Waals surface area contributed by atoms with Crippen LogP contribution < -0.4 is 0 Å². The zero-order chi connectivity index (χ0) is 15.1. The molecule has 0 N–H and O–H groups in total. The summed E-state index contributed by atoms with van der Waals surface area (Å²) in [6, 6.07) is 13.5. The molecule has 0 aliphatic heterocycles. The average molecular weight is 280 g/mol. The van der Waals surface area contributed by atoms with Gasteiger partial charge in [0.15, 0.2) is 0 Å². The summed E-state index contributed by atoms with van der Waals surface area (Å²) in [5, 5.41) is 2.85. The van der Waals surface area contributed by atoms with E-state index in [1.807, 2.05) is 0 Å². The Morgan fingerprint density at radius 2 is 1.86 bits per heavy atom. The van der Waals surface area contributed by atoms with E-state index in [1.165, 1.54) is 42.0 Å². The first-order valence-corrected chi connectivity index (χ1v) is 8.43. The summed E-state index contributed by atoms with van der Waals surface area (Å²) in [4.78, 5) is 0. The summed E-state index contributed by atoms with van der Waals surface area (Å²) in [5.74, 6) is 0.691. The van der Waals surface area contributed by atoms with Crippen molar-refractivity contribution in [2.75, 3.05) is 0 Å². The molecule has 0 heterocycles. The third-order valence-electron chi connectivity index (χ3n) is 4.50. The van der Waals surface area contributed by atoms with Crippen molar-refractivity contribution in [1.29, 1.82) is 0 Å². The second-order valence-corrected chi connectivity index (χ2v) is 5.82. The maximum Gasteiger partial charge on any atom is -0.0146 e. The molecule has 2 aromatic carbocycles. The Kier molecular flexibility index (Phi) is 6.04. The molecule has 0 radical (unpaired) electrons. The van der Waals surface area contributed by atoms with Crippen molar-refractivity contribution in [3.05, 3.63) is 59.7 Å². The number of benzene rings is 2. The summed E-state index contributed by atoms with van der Waals surface area (Å²) < 4.78 is 0. The van der Waals surface area contributed by atoms with Crippen LogP contribution in [0.3, 0.4) is 0 Å². The van der Waals surface area contributed by atoms with Crippen LogP contribution >= 0.6 is 0 Å². The van der Waals surface area contributed by atoms with Gasteiger partial charge in [0.25, 0.3) is 0 Å². The first kappa shape index (κ1) is 15.8. The average Bonchev–Trinajstić information content (AvgIpc) is 2.54. The standard InChI is InChI=1S/C21H28/c1-4-7-8-9-12-17(5-2)21-18(6-3)15-16-19-13-10-11-14-20(19)21/h4,7,10-11,13-17H,5-6,8-9,12H2,1-3H3/b7-4+. The van der Waals surface area contributed by atoms with Gasteiger partial charge in [-0.25, -0.2) is 0 Å². The van der Waals surface area contributed by atoms with Gasteiger partial charge in [-0.15, -0.1) is 0 Å². The molecule has 0 saturated heterocycles. The summed E-state index contributed by atoms with van der Waals surface area (Å²) >= 11 is 0. The molecule has 0 heteroatoms. The second-order valence-electron chi connectivity index (χ2n) is 5.82. The highest BCUT2D eigenvalue weighted by Crippen LogP contribution is 2.34. The first-order chi connectivity index (χ1) is 10.3. The normalized spacial score (nSPS) is 13.1. The molecule has 1 atom stereocenters. The predicted octanol–water partition coefficient (Wildman–Crippen LogP) is 6.64. The summed E-state index contributed by atoms with van der Waals surface area (Å²) in [7, 11) is 0. The maximum atomic E-state index is 2.34. The SMILES string of the molecule is C/C=C/CCCC(CC)c1c(CC)ccc2ccccc12. The number of unbranched alkanes of at least 4 members (excludes halogenated alkanes) is 1. The second kappa shape index (κ2) is 8.02. The molecule has 112 valence electrons. The molecular weight excluding hydrogens is 252 g/mol. The van der Waals surface area contributed by atoms with E-state index in [0.717, 1.165) is 6.42 Å². The largest absolute Gasteiger partial charge is 0.0917 e. The highest BCUT2D eigenvalue weighted by Gasteiger charge is 2.15. The lowest BCUT2D eigenvalue weighted by Gasteiger charge is -2.21. The minimum Gasteiger partial charge on any atom is -0.0917 e. The molecule has 0 aromatic heterocycles. The Morgan fingerprint density at radius 1 is 1.05 bits per heavy atom. The minimum absolute atomic E-state index is 0.691. The Balaban J connectivity index is 2.36. The monoisotopic (exact) mass is 280 g/mol. The molecule has 0 aliphatic carbocycles. The lowest BCUT2D eigenvalue weighted by Crippen LogP contribution is -2.03. The fourth-order valence-corrected chi connectivity index (χ4v) is 3.33. The van der Waals surface area contributed by atoms with Gasteiger partial charge in [-0.2, -0.15) is 0 Å². The number of fused-ring (bicyclic) bond motifs is 1. The summed E-state index contributed by atoms with van der Waals surface area (Å²) in [6.45, 7) is 6.72. The highest BCUT2D eigenvalue weighted by atomic mass is 14.2. The third-order valence-corrected chi connectivity index (χ3v) is 4.50. The highest BCUT2D eigenvalue weighted by molar-refractivity contribution is 5.87. The number of hydrogen-bond donors (Lipinski definition) is 0. The molecule has 0 aliphatic rings. The van der Waals surface area contributed by atoms with Crippen LogP contribution in [0.2, 0.25) is 0 Å². The number of hydrogen-bond acceptors (Lipinski definition) is 0. The van der Waals surface area contributed by atoms with Gasteiger partial charge >= 0.3 is 0 Å². The Morgan fingerprint density at radius 3 is 2.57 bits per heavy atom. The van der Waals surface area contributed by atoms with Gasteiger partial charge in [-0.05, 0) is 66.8 Å². The van der Waals surface area contributed by atoms with Gasteiger partial charge in [0.2, 0.25) is 0 Å². The maximum absolute atomic E-state index is 2.34. The van der Waals surface area contributed by atoms with E-state index < -0.39 is 0 Å². The minimum atomic E-state index is 0.691. The smallest absolute Gasteiger partial charge is 0.0146 e. The van der Waals surface area contributed by atoms with Crippen LogP contribution in [0.5, 0.6) is 0 Å². The lowest BCUT2D eigenvalue weighted by atomic mass is 9.84. The van der Waals surface area contributed by atoms with Gasteiger partial charge in [0.05, 0.1) is 0 Å². The van der Waals surface area contributed by atoms with Crippen LogP contribution in [0.4, 0.5) is 0 Å². The molecule has 0 nitrogen and oxygen atoms in total. The number of aryl methyl sites for hydroxylation is 1. The van der Waals surface area contributed by atoms with Crippen LogP contribution in [0.25, 0.3) is 10.8 Å². The first-order valence-electron chi connectivity index (χ1n) is 8.43. The van der Waals surface area contributed by atoms with Crippen molar-refractivity contribution in [2.45, 2.75) is 58.8 Å². The van der Waals surface area contributed by atoms with E-state index in [-0.39, 0.29) is 0 Å². The van der Waals surface area contributed by atoms with Crippen LogP contribution in [0.1, 0.15) is 63.5 Å². The van der Waals surface area contributed by atoms with Gasteiger partial charge in [0.1, 0.15) is 0 Å². The third kappa shape index (κ3) is 3.75. The molecule has 0 bridgehead atoms. The predicted molar refractivity (Wildman–Crippen MR) is 95.0 cm³/mol. The van der Waals surface area contributed by atoms with Gasteiger partial charge in [0, 0.05) is 0 Å². The van der Waals surface area contributed by atoms with Crippen molar-refractivity contribution in [3.8, 4) is 0 Å². The molecule has 0 fully saturated rings. The zero-order valence-electron chi connectivity index (χ0n) is 13.7. The topological polar surface area (TPSA) is 0 Å². The van der Waals surface area contributed by atoms with Crippen LogP contribution in [-0.2, 0) is 6.42 Å².